The van der Waals surface area contributed by atoms with E-state index >= 15 is 0 Å². The van der Waals surface area contributed by atoms with Gasteiger partial charge in [-0.3, -0.25) is 9.59 Å². The summed E-state index contributed by atoms with van der Waals surface area (Å²) in [4.78, 5) is 28.4. The van der Waals surface area contributed by atoms with Crippen LogP contribution < -0.4 is 20.1 Å². The molecule has 36 heavy (non-hydrogen) atoms. The predicted octanol–water partition coefficient (Wildman–Crippen LogP) is 4.62. The molecule has 1 aliphatic carbocycles. The summed E-state index contributed by atoms with van der Waals surface area (Å²) in [6.07, 6.45) is -2.59. The minimum Gasteiger partial charge on any atom is -0.497 e. The summed E-state index contributed by atoms with van der Waals surface area (Å²) in [6, 6.07) is 11.9. The first-order valence-corrected chi connectivity index (χ1v) is 10.8. The standard InChI is InChI=1S/C25H21F4N3O4/c1-35-18-6-7-20(19(13-18)25(27,28)29)36-17-4-2-15(3-5-17)14-31-23(34)24(9-10-24)32-22(33)16-8-11-30-21(26)12-16/h2-8,11-13H,9-10,14H2,1H3,(H,31,34)(H,32,33). The van der Waals surface area contributed by atoms with Crippen LogP contribution in [0.2, 0.25) is 0 Å². The number of methoxy groups -OCH3 is 1. The van der Waals surface area contributed by atoms with Gasteiger partial charge in [0.25, 0.3) is 5.91 Å². The molecule has 0 saturated heterocycles. The Labute approximate surface area is 203 Å². The van der Waals surface area contributed by atoms with Gasteiger partial charge in [-0.05, 0) is 54.8 Å². The van der Waals surface area contributed by atoms with Crippen molar-refractivity contribution in [2.45, 2.75) is 31.1 Å². The molecule has 2 amide bonds. The molecule has 1 saturated carbocycles. The van der Waals surface area contributed by atoms with Crippen LogP contribution in [0.4, 0.5) is 17.6 Å². The summed E-state index contributed by atoms with van der Waals surface area (Å²) in [7, 11) is 1.27. The lowest BCUT2D eigenvalue weighted by Crippen LogP contribution is -2.48. The molecular formula is C25H21F4N3O4. The molecule has 3 aromatic rings. The molecule has 0 unspecified atom stereocenters. The summed E-state index contributed by atoms with van der Waals surface area (Å²) in [5.41, 5.74) is -1.31. The van der Waals surface area contributed by atoms with Crippen molar-refractivity contribution in [3.05, 3.63) is 83.4 Å². The number of benzene rings is 2. The number of hydrogen-bond donors (Lipinski definition) is 2. The minimum absolute atomic E-state index is 0.0540. The van der Waals surface area contributed by atoms with E-state index in [2.05, 4.69) is 15.6 Å². The van der Waals surface area contributed by atoms with Crippen molar-refractivity contribution in [1.29, 1.82) is 0 Å². The van der Waals surface area contributed by atoms with E-state index < -0.39 is 35.0 Å². The maximum Gasteiger partial charge on any atom is 0.420 e. The van der Waals surface area contributed by atoms with Crippen molar-refractivity contribution < 1.29 is 36.6 Å². The van der Waals surface area contributed by atoms with Gasteiger partial charge in [0, 0.05) is 24.4 Å². The van der Waals surface area contributed by atoms with Crippen molar-refractivity contribution in [2.75, 3.05) is 7.11 Å². The first-order chi connectivity index (χ1) is 17.1. The van der Waals surface area contributed by atoms with E-state index in [4.69, 9.17) is 9.47 Å². The van der Waals surface area contributed by atoms with E-state index in [1.54, 1.807) is 12.1 Å². The highest BCUT2D eigenvalue weighted by Crippen LogP contribution is 2.40. The number of amides is 2. The largest absolute Gasteiger partial charge is 0.497 e. The Morgan fingerprint density at radius 1 is 1.03 bits per heavy atom. The molecule has 1 fully saturated rings. The first kappa shape index (κ1) is 25.0. The number of nitrogens with one attached hydrogen (secondary N) is 2. The molecular weight excluding hydrogens is 482 g/mol. The fourth-order valence-corrected chi connectivity index (χ4v) is 3.47. The van der Waals surface area contributed by atoms with Crippen LogP contribution in [0.15, 0.2) is 60.8 Å². The summed E-state index contributed by atoms with van der Waals surface area (Å²) in [5.74, 6) is -1.91. The number of alkyl halides is 3. The van der Waals surface area contributed by atoms with Crippen LogP contribution in [-0.2, 0) is 17.5 Å². The van der Waals surface area contributed by atoms with Gasteiger partial charge < -0.3 is 20.1 Å². The van der Waals surface area contributed by atoms with Crippen molar-refractivity contribution in [3.63, 3.8) is 0 Å². The van der Waals surface area contributed by atoms with Crippen LogP contribution in [0.3, 0.4) is 0 Å². The van der Waals surface area contributed by atoms with Gasteiger partial charge in [-0.2, -0.15) is 17.6 Å². The third kappa shape index (κ3) is 5.73. The average Bonchev–Trinajstić information content (AvgIpc) is 3.63. The fraction of sp³-hybridized carbons (Fsp3) is 0.240. The molecule has 1 aromatic heterocycles. The van der Waals surface area contributed by atoms with Gasteiger partial charge in [0.2, 0.25) is 11.9 Å². The van der Waals surface area contributed by atoms with E-state index in [9.17, 15) is 27.2 Å². The van der Waals surface area contributed by atoms with E-state index in [1.165, 1.54) is 37.4 Å². The Morgan fingerprint density at radius 3 is 2.33 bits per heavy atom. The molecule has 4 rings (SSSR count). The van der Waals surface area contributed by atoms with Gasteiger partial charge in [-0.1, -0.05) is 12.1 Å². The van der Waals surface area contributed by atoms with Crippen molar-refractivity contribution in [2.24, 2.45) is 0 Å². The normalized spacial score (nSPS) is 14.0. The fourth-order valence-electron chi connectivity index (χ4n) is 3.47. The summed E-state index contributed by atoms with van der Waals surface area (Å²) in [6.45, 7) is 0.122. The van der Waals surface area contributed by atoms with E-state index in [1.807, 2.05) is 0 Å². The maximum absolute atomic E-state index is 13.4. The van der Waals surface area contributed by atoms with Crippen LogP contribution in [-0.4, -0.2) is 29.4 Å². The van der Waals surface area contributed by atoms with Gasteiger partial charge in [0.05, 0.1) is 7.11 Å². The maximum atomic E-state index is 13.4. The van der Waals surface area contributed by atoms with Crippen LogP contribution >= 0.6 is 0 Å². The zero-order valence-electron chi connectivity index (χ0n) is 19.0. The molecule has 0 spiro atoms. The molecule has 1 heterocycles. The van der Waals surface area contributed by atoms with Gasteiger partial charge in [-0.25, -0.2) is 4.98 Å². The van der Waals surface area contributed by atoms with E-state index in [-0.39, 0.29) is 29.4 Å². The molecule has 2 aromatic carbocycles. The lowest BCUT2D eigenvalue weighted by Gasteiger charge is -2.17. The Kier molecular flexibility index (Phi) is 6.82. The molecule has 0 bridgehead atoms. The van der Waals surface area contributed by atoms with E-state index in [0.717, 1.165) is 18.3 Å². The summed E-state index contributed by atoms with van der Waals surface area (Å²) >= 11 is 0. The van der Waals surface area contributed by atoms with Crippen molar-refractivity contribution in [3.8, 4) is 17.2 Å². The zero-order valence-corrected chi connectivity index (χ0v) is 19.0. The van der Waals surface area contributed by atoms with Crippen molar-refractivity contribution in [1.82, 2.24) is 15.6 Å². The van der Waals surface area contributed by atoms with Crippen molar-refractivity contribution >= 4 is 11.8 Å². The summed E-state index contributed by atoms with van der Waals surface area (Å²) in [5, 5.41) is 5.38. The van der Waals surface area contributed by atoms with Gasteiger partial charge in [-0.15, -0.1) is 0 Å². The second-order valence-corrected chi connectivity index (χ2v) is 8.19. The minimum atomic E-state index is -4.63. The highest BCUT2D eigenvalue weighted by atomic mass is 19.4. The quantitative estimate of drug-likeness (QED) is 0.346. The smallest absolute Gasteiger partial charge is 0.420 e. The molecule has 1 aliphatic rings. The topological polar surface area (TPSA) is 89.5 Å². The number of ether oxygens (including phenoxy) is 2. The SMILES string of the molecule is COc1ccc(Oc2ccc(CNC(=O)C3(NC(=O)c4ccnc(F)c4)CC3)cc2)c(C(F)(F)F)c1. The van der Waals surface area contributed by atoms with Crippen LogP contribution in [0.5, 0.6) is 17.2 Å². The number of aromatic nitrogens is 1. The van der Waals surface area contributed by atoms with Crippen LogP contribution in [0.1, 0.15) is 34.3 Å². The number of carbonyl (C=O) groups is 2. The van der Waals surface area contributed by atoms with Gasteiger partial charge in [0.1, 0.15) is 28.4 Å². The first-order valence-electron chi connectivity index (χ1n) is 10.8. The molecule has 7 nitrogen and oxygen atoms in total. The van der Waals surface area contributed by atoms with Crippen LogP contribution in [0.25, 0.3) is 0 Å². The molecule has 0 radical (unpaired) electrons. The number of carbonyl (C=O) groups excluding carboxylic acids is 2. The lowest BCUT2D eigenvalue weighted by atomic mass is 10.1. The number of hydrogen-bond acceptors (Lipinski definition) is 5. The molecule has 0 aliphatic heterocycles. The monoisotopic (exact) mass is 503 g/mol. The molecule has 2 N–H and O–H groups in total. The molecule has 0 atom stereocenters. The van der Waals surface area contributed by atoms with Gasteiger partial charge in [0.15, 0.2) is 0 Å². The Bertz CT molecular complexity index is 1280. The van der Waals surface area contributed by atoms with Crippen LogP contribution in [0, 0.1) is 5.95 Å². The molecule has 188 valence electrons. The Balaban J connectivity index is 1.36. The molecule has 11 heteroatoms. The number of halogens is 4. The van der Waals surface area contributed by atoms with E-state index in [0.29, 0.717) is 18.4 Å². The highest BCUT2D eigenvalue weighted by Gasteiger charge is 2.51. The zero-order chi connectivity index (χ0) is 25.9. The number of pyridine rings is 1. The number of nitrogens with zero attached hydrogens (tertiary/aromatic N) is 1. The summed E-state index contributed by atoms with van der Waals surface area (Å²) < 4.78 is 63.7. The third-order valence-electron chi connectivity index (χ3n) is 5.62. The third-order valence-corrected chi connectivity index (χ3v) is 5.62. The second-order valence-electron chi connectivity index (χ2n) is 8.19. The average molecular weight is 503 g/mol. The second kappa shape index (κ2) is 9.84. The number of rotatable bonds is 8. The Hall–Kier alpha value is -4.15. The lowest BCUT2D eigenvalue weighted by molar-refractivity contribution is -0.138. The Morgan fingerprint density at radius 2 is 1.72 bits per heavy atom. The van der Waals surface area contributed by atoms with Gasteiger partial charge >= 0.3 is 6.18 Å². The highest BCUT2D eigenvalue weighted by molar-refractivity contribution is 6.00. The predicted molar refractivity (Wildman–Crippen MR) is 120 cm³/mol.